The van der Waals surface area contributed by atoms with Crippen molar-refractivity contribution >= 4 is 28.6 Å². The van der Waals surface area contributed by atoms with Crippen LogP contribution in [0.3, 0.4) is 0 Å². The molecule has 0 amide bonds. The summed E-state index contributed by atoms with van der Waals surface area (Å²) in [4.78, 5) is 22.4. The third kappa shape index (κ3) is 7.17. The summed E-state index contributed by atoms with van der Waals surface area (Å²) < 4.78 is 20.8. The summed E-state index contributed by atoms with van der Waals surface area (Å²) >= 11 is 1.74. The molecule has 192 valence electrons. The van der Waals surface area contributed by atoms with E-state index in [9.17, 15) is 9.90 Å². The molecule has 3 heterocycles. The highest BCUT2D eigenvalue weighted by Gasteiger charge is 2.30. The average molecular weight is 512 g/mol. The summed E-state index contributed by atoms with van der Waals surface area (Å²) in [5.74, 6) is 1.45. The Morgan fingerprint density at radius 3 is 2.86 bits per heavy atom. The van der Waals surface area contributed by atoms with Gasteiger partial charge in [-0.15, -0.1) is 11.8 Å². The van der Waals surface area contributed by atoms with Gasteiger partial charge in [-0.2, -0.15) is 0 Å². The summed E-state index contributed by atoms with van der Waals surface area (Å²) in [6.45, 7) is 2.77. The average Bonchev–Trinajstić information content (AvgIpc) is 2.91. The van der Waals surface area contributed by atoms with Crippen molar-refractivity contribution in [3.63, 3.8) is 0 Å². The van der Waals surface area contributed by atoms with Gasteiger partial charge in [0.25, 0.3) is 0 Å². The van der Waals surface area contributed by atoms with E-state index in [2.05, 4.69) is 14.9 Å². The van der Waals surface area contributed by atoms with Gasteiger partial charge in [-0.25, -0.2) is 9.37 Å². The Morgan fingerprint density at radius 2 is 2.08 bits per heavy atom. The fourth-order valence-electron chi connectivity index (χ4n) is 5.15. The van der Waals surface area contributed by atoms with Crippen molar-refractivity contribution in [2.24, 2.45) is 11.8 Å². The van der Waals surface area contributed by atoms with Gasteiger partial charge >= 0.3 is 5.97 Å². The first kappa shape index (κ1) is 26.4. The van der Waals surface area contributed by atoms with E-state index in [4.69, 9.17) is 4.74 Å². The minimum Gasteiger partial charge on any atom is -0.497 e. The smallest absolute Gasteiger partial charge is 0.303 e. The van der Waals surface area contributed by atoms with Gasteiger partial charge in [-0.3, -0.25) is 9.78 Å². The van der Waals surface area contributed by atoms with Crippen LogP contribution in [0.2, 0.25) is 0 Å². The zero-order chi connectivity index (χ0) is 25.3. The van der Waals surface area contributed by atoms with Crippen molar-refractivity contribution in [1.82, 2.24) is 14.9 Å². The Morgan fingerprint density at radius 1 is 1.19 bits per heavy atom. The van der Waals surface area contributed by atoms with Crippen LogP contribution in [-0.4, -0.2) is 58.4 Å². The van der Waals surface area contributed by atoms with Crippen molar-refractivity contribution in [3.05, 3.63) is 60.4 Å². The van der Waals surface area contributed by atoms with Crippen LogP contribution in [0.4, 0.5) is 4.39 Å². The molecule has 0 saturated carbocycles. The van der Waals surface area contributed by atoms with Crippen molar-refractivity contribution < 1.29 is 19.0 Å². The van der Waals surface area contributed by atoms with Crippen LogP contribution in [0, 0.1) is 11.8 Å². The number of hydrogen-bond acceptors (Lipinski definition) is 6. The zero-order valence-electron chi connectivity index (χ0n) is 20.7. The number of fused-ring (bicyclic) bond motifs is 1. The Labute approximate surface area is 216 Å². The molecule has 0 spiro atoms. The number of halogens is 1. The van der Waals surface area contributed by atoms with Crippen LogP contribution < -0.4 is 4.74 Å². The number of likely N-dealkylation sites (tertiary alicyclic amines) is 1. The Balaban J connectivity index is 1.35. The topological polar surface area (TPSA) is 75.5 Å². The number of carbonyl (C=O) groups is 1. The molecule has 2 aromatic heterocycles. The van der Waals surface area contributed by atoms with E-state index in [1.54, 1.807) is 37.3 Å². The molecule has 1 saturated heterocycles. The van der Waals surface area contributed by atoms with Crippen molar-refractivity contribution in [2.75, 3.05) is 32.5 Å². The number of rotatable bonds is 12. The highest BCUT2D eigenvalue weighted by Crippen LogP contribution is 2.36. The van der Waals surface area contributed by atoms with Gasteiger partial charge in [0, 0.05) is 43.0 Å². The number of piperidine rings is 1. The van der Waals surface area contributed by atoms with Crippen molar-refractivity contribution in [3.8, 4) is 5.75 Å². The van der Waals surface area contributed by atoms with E-state index in [1.165, 1.54) is 0 Å². The van der Waals surface area contributed by atoms with Crippen molar-refractivity contribution in [2.45, 2.75) is 43.3 Å². The largest absolute Gasteiger partial charge is 0.497 e. The number of alkyl halides is 1. The molecule has 0 radical (unpaired) electrons. The first-order valence-corrected chi connectivity index (χ1v) is 13.6. The number of carboxylic acids is 1. The summed E-state index contributed by atoms with van der Waals surface area (Å²) in [6.07, 6.45) is 5.29. The van der Waals surface area contributed by atoms with Crippen LogP contribution in [0.5, 0.6) is 5.75 Å². The van der Waals surface area contributed by atoms with Gasteiger partial charge in [0.05, 0.1) is 17.7 Å². The Hall–Kier alpha value is -2.71. The lowest BCUT2D eigenvalue weighted by Gasteiger charge is -2.39. The summed E-state index contributed by atoms with van der Waals surface area (Å²) in [5, 5.41) is 11.1. The molecule has 0 aliphatic carbocycles. The second-order valence-corrected chi connectivity index (χ2v) is 10.5. The molecule has 0 bridgehead atoms. The molecule has 1 unspecified atom stereocenters. The van der Waals surface area contributed by atoms with Gasteiger partial charge in [-0.05, 0) is 86.0 Å². The van der Waals surface area contributed by atoms with Gasteiger partial charge in [-0.1, -0.05) is 6.07 Å². The van der Waals surface area contributed by atoms with E-state index >= 15 is 4.39 Å². The number of methoxy groups -OCH3 is 1. The molecule has 8 heteroatoms. The summed E-state index contributed by atoms with van der Waals surface area (Å²) in [7, 11) is 1.60. The van der Waals surface area contributed by atoms with Gasteiger partial charge < -0.3 is 14.7 Å². The monoisotopic (exact) mass is 511 g/mol. The van der Waals surface area contributed by atoms with Crippen LogP contribution in [0.1, 0.15) is 43.8 Å². The Kier molecular flexibility index (Phi) is 9.53. The number of nitrogens with zero attached hydrogens (tertiary/aromatic N) is 3. The molecule has 1 aliphatic heterocycles. The fourth-order valence-corrected chi connectivity index (χ4v) is 6.02. The number of hydrogen-bond donors (Lipinski definition) is 1. The number of aliphatic carboxylic acids is 1. The normalized spacial score (nSPS) is 19.3. The van der Waals surface area contributed by atoms with Crippen LogP contribution in [0.25, 0.3) is 10.9 Å². The van der Waals surface area contributed by atoms with Crippen LogP contribution in [0.15, 0.2) is 59.9 Å². The lowest BCUT2D eigenvalue weighted by atomic mass is 9.79. The SMILES string of the molecule is COc1ccc2nccc(C(F)CC[C@@H]3CCN(CCSc4ccccn4)C[C@@H]3CCC(=O)O)c2c1. The number of aromatic nitrogens is 2. The Bertz CT molecular complexity index is 1130. The molecule has 36 heavy (non-hydrogen) atoms. The molecule has 3 atom stereocenters. The third-order valence-electron chi connectivity index (χ3n) is 7.11. The first-order valence-electron chi connectivity index (χ1n) is 12.6. The lowest BCUT2D eigenvalue weighted by molar-refractivity contribution is -0.137. The number of ether oxygens (including phenoxy) is 1. The lowest BCUT2D eigenvalue weighted by Crippen LogP contribution is -2.41. The number of thioether (sulfide) groups is 1. The van der Waals surface area contributed by atoms with Crippen LogP contribution >= 0.6 is 11.8 Å². The maximum atomic E-state index is 15.5. The molecular formula is C28H34FN3O3S. The van der Waals surface area contributed by atoms with E-state index in [-0.39, 0.29) is 12.3 Å². The standard InChI is InChI=1S/C28H34FN3O3S/c1-35-22-7-9-26-24(18-22)23(11-14-30-26)25(29)8-5-20-12-15-32(19-21(20)6-10-28(33)34)16-17-36-27-4-2-3-13-31-27/h2-4,7,9,11,13-14,18,20-21,25H,5-6,8,10,12,15-17,19H2,1H3,(H,33,34)/t20-,21+,25?/m1/s1. The molecule has 3 aromatic rings. The minimum atomic E-state index is -1.10. The molecule has 1 aliphatic rings. The van der Waals surface area contributed by atoms with E-state index in [0.717, 1.165) is 54.2 Å². The molecule has 4 rings (SSSR count). The summed E-state index contributed by atoms with van der Waals surface area (Å²) in [5.41, 5.74) is 1.40. The molecule has 1 aromatic carbocycles. The second kappa shape index (κ2) is 13.0. The van der Waals surface area contributed by atoms with Gasteiger partial charge in [0.1, 0.15) is 11.9 Å². The predicted molar refractivity (Wildman–Crippen MR) is 141 cm³/mol. The molecular weight excluding hydrogens is 477 g/mol. The minimum absolute atomic E-state index is 0.158. The second-order valence-electron chi connectivity index (χ2n) is 9.39. The molecule has 6 nitrogen and oxygen atoms in total. The highest BCUT2D eigenvalue weighted by molar-refractivity contribution is 7.99. The van der Waals surface area contributed by atoms with Gasteiger partial charge in [0.15, 0.2) is 0 Å². The fraction of sp³-hybridized carbons (Fsp3) is 0.464. The quantitative estimate of drug-likeness (QED) is 0.298. The van der Waals surface area contributed by atoms with E-state index in [0.29, 0.717) is 30.1 Å². The molecule has 1 fully saturated rings. The van der Waals surface area contributed by atoms with Crippen molar-refractivity contribution in [1.29, 1.82) is 0 Å². The number of benzene rings is 1. The maximum Gasteiger partial charge on any atom is 0.303 e. The number of carboxylic acid groups (broad SMARTS) is 1. The number of pyridine rings is 2. The van der Waals surface area contributed by atoms with Crippen LogP contribution in [-0.2, 0) is 4.79 Å². The van der Waals surface area contributed by atoms with Gasteiger partial charge in [0.2, 0.25) is 0 Å². The first-order chi connectivity index (χ1) is 17.5. The molecule has 1 N–H and O–H groups in total. The predicted octanol–water partition coefficient (Wildman–Crippen LogP) is 6.02. The van der Waals surface area contributed by atoms with E-state index in [1.807, 2.05) is 36.4 Å². The highest BCUT2D eigenvalue weighted by atomic mass is 32.2. The zero-order valence-corrected chi connectivity index (χ0v) is 21.5. The maximum absolute atomic E-state index is 15.5. The summed E-state index contributed by atoms with van der Waals surface area (Å²) in [6, 6.07) is 13.2. The van der Waals surface area contributed by atoms with E-state index < -0.39 is 12.1 Å². The third-order valence-corrected chi connectivity index (χ3v) is 8.03.